The number of fused-ring (bicyclic) bond motifs is 4. The van der Waals surface area contributed by atoms with E-state index in [1.165, 1.54) is 0 Å². The van der Waals surface area contributed by atoms with Gasteiger partial charge in [-0.15, -0.1) is 0 Å². The number of pyridine rings is 2. The third-order valence-electron chi connectivity index (χ3n) is 6.56. The van der Waals surface area contributed by atoms with Crippen LogP contribution in [0.1, 0.15) is 30.9 Å². The molecule has 0 spiro atoms. The predicted octanol–water partition coefficient (Wildman–Crippen LogP) is 2.04. The van der Waals surface area contributed by atoms with Gasteiger partial charge in [-0.25, -0.2) is 9.78 Å². The topological polar surface area (TPSA) is 70.5 Å². The first-order valence-corrected chi connectivity index (χ1v) is 10.6. The van der Waals surface area contributed by atoms with E-state index in [2.05, 4.69) is 15.2 Å². The lowest BCUT2D eigenvalue weighted by atomic mass is 9.83. The number of carbonyl (C=O) groups is 1. The van der Waals surface area contributed by atoms with Crippen LogP contribution in [0.25, 0.3) is 0 Å². The summed E-state index contributed by atoms with van der Waals surface area (Å²) >= 11 is 0. The Morgan fingerprint density at radius 3 is 2.69 bits per heavy atom. The molecule has 2 saturated heterocycles. The third kappa shape index (κ3) is 3.61. The number of likely N-dealkylation sites (tertiary alicyclic amines) is 1. The summed E-state index contributed by atoms with van der Waals surface area (Å²) in [6.07, 6.45) is 4.75. The molecule has 152 valence electrons. The molecule has 1 N–H and O–H groups in total. The summed E-state index contributed by atoms with van der Waals surface area (Å²) in [7, 11) is 0. The summed E-state index contributed by atoms with van der Waals surface area (Å²) in [6.45, 7) is 3.96. The monoisotopic (exact) mass is 393 g/mol. The van der Waals surface area contributed by atoms with Crippen molar-refractivity contribution in [3.05, 3.63) is 58.6 Å². The fourth-order valence-corrected chi connectivity index (χ4v) is 5.12. The van der Waals surface area contributed by atoms with Gasteiger partial charge >= 0.3 is 6.03 Å². The van der Waals surface area contributed by atoms with Crippen LogP contribution in [0.3, 0.4) is 0 Å². The van der Waals surface area contributed by atoms with Crippen molar-refractivity contribution in [3.8, 4) is 0 Å². The molecule has 2 fully saturated rings. The van der Waals surface area contributed by atoms with Crippen LogP contribution in [0.2, 0.25) is 0 Å². The van der Waals surface area contributed by atoms with Gasteiger partial charge in [-0.3, -0.25) is 4.79 Å². The van der Waals surface area contributed by atoms with Crippen molar-refractivity contribution in [1.29, 1.82) is 0 Å². The number of anilines is 1. The minimum atomic E-state index is 0.0442. The van der Waals surface area contributed by atoms with Gasteiger partial charge in [0.1, 0.15) is 5.82 Å². The maximum Gasteiger partial charge on any atom is 0.317 e. The van der Waals surface area contributed by atoms with Crippen molar-refractivity contribution >= 4 is 11.8 Å². The van der Waals surface area contributed by atoms with Crippen LogP contribution < -0.4 is 15.8 Å². The minimum Gasteiger partial charge on any atom is -0.356 e. The first-order valence-electron chi connectivity index (χ1n) is 10.6. The van der Waals surface area contributed by atoms with Gasteiger partial charge in [0.25, 0.3) is 5.56 Å². The molecule has 0 radical (unpaired) electrons. The van der Waals surface area contributed by atoms with Gasteiger partial charge in [0, 0.05) is 62.6 Å². The van der Waals surface area contributed by atoms with Gasteiger partial charge in [0.05, 0.1) is 0 Å². The number of piperidine rings is 2. The summed E-state index contributed by atoms with van der Waals surface area (Å²) < 4.78 is 1.90. The van der Waals surface area contributed by atoms with E-state index in [1.807, 2.05) is 46.0 Å². The average Bonchev–Trinajstić information content (AvgIpc) is 2.75. The fraction of sp³-hybridized carbons (Fsp3) is 0.500. The average molecular weight is 393 g/mol. The number of nitrogens with one attached hydrogen (secondary N) is 1. The molecule has 0 unspecified atom stereocenters. The number of amides is 2. The molecular weight excluding hydrogens is 366 g/mol. The first-order chi connectivity index (χ1) is 14.2. The molecule has 0 saturated carbocycles. The number of rotatable bonds is 2. The molecule has 2 aromatic heterocycles. The van der Waals surface area contributed by atoms with Gasteiger partial charge in [0.2, 0.25) is 0 Å². The molecule has 2 atom stereocenters. The Morgan fingerprint density at radius 1 is 1.03 bits per heavy atom. The molecule has 2 bridgehead atoms. The summed E-state index contributed by atoms with van der Waals surface area (Å²) in [6, 6.07) is 11.7. The smallest absolute Gasteiger partial charge is 0.317 e. The second-order valence-electron chi connectivity index (χ2n) is 8.50. The zero-order valence-corrected chi connectivity index (χ0v) is 16.5. The van der Waals surface area contributed by atoms with Gasteiger partial charge in [-0.2, -0.15) is 0 Å². The van der Waals surface area contributed by atoms with Gasteiger partial charge in [-0.1, -0.05) is 12.1 Å². The largest absolute Gasteiger partial charge is 0.356 e. The Morgan fingerprint density at radius 2 is 1.90 bits per heavy atom. The number of nitrogens with zero attached hydrogens (tertiary/aromatic N) is 4. The molecule has 3 aliphatic heterocycles. The number of hydrogen-bond acceptors (Lipinski definition) is 4. The predicted molar refractivity (Wildman–Crippen MR) is 111 cm³/mol. The molecule has 2 aromatic rings. The van der Waals surface area contributed by atoms with Gasteiger partial charge in [-0.05, 0) is 43.4 Å². The molecule has 5 heterocycles. The zero-order chi connectivity index (χ0) is 19.8. The van der Waals surface area contributed by atoms with E-state index in [0.29, 0.717) is 12.5 Å². The van der Waals surface area contributed by atoms with E-state index in [1.54, 1.807) is 6.07 Å². The SMILES string of the molecule is O=C(NC1CCN(c2ccccn2)CC1)N1C[C@@H]2C[C@H](C1)c1cccc(=O)n1C2. The quantitative estimate of drug-likeness (QED) is 0.848. The molecule has 29 heavy (non-hydrogen) atoms. The van der Waals surface area contributed by atoms with E-state index in [0.717, 1.165) is 57.0 Å². The molecule has 5 rings (SSSR count). The third-order valence-corrected chi connectivity index (χ3v) is 6.56. The Balaban J connectivity index is 1.19. The summed E-state index contributed by atoms with van der Waals surface area (Å²) in [5.41, 5.74) is 1.16. The van der Waals surface area contributed by atoms with Crippen LogP contribution in [0.4, 0.5) is 10.6 Å². The fourth-order valence-electron chi connectivity index (χ4n) is 5.12. The lowest BCUT2D eigenvalue weighted by Gasteiger charge is -2.43. The van der Waals surface area contributed by atoms with E-state index >= 15 is 0 Å². The van der Waals surface area contributed by atoms with Crippen molar-refractivity contribution in [3.63, 3.8) is 0 Å². The van der Waals surface area contributed by atoms with Crippen LogP contribution in [-0.4, -0.2) is 52.7 Å². The van der Waals surface area contributed by atoms with Gasteiger partial charge < -0.3 is 19.7 Å². The summed E-state index contributed by atoms with van der Waals surface area (Å²) in [4.78, 5) is 33.8. The molecule has 7 nitrogen and oxygen atoms in total. The minimum absolute atomic E-state index is 0.0442. The molecule has 0 aliphatic carbocycles. The normalized spacial score (nSPS) is 24.1. The van der Waals surface area contributed by atoms with Crippen LogP contribution in [-0.2, 0) is 6.54 Å². The zero-order valence-electron chi connectivity index (χ0n) is 16.5. The maximum atomic E-state index is 12.9. The molecule has 0 aromatic carbocycles. The van der Waals surface area contributed by atoms with Crippen molar-refractivity contribution < 1.29 is 4.79 Å². The maximum absolute atomic E-state index is 12.9. The number of hydrogen-bond donors (Lipinski definition) is 1. The lowest BCUT2D eigenvalue weighted by Crippen LogP contribution is -2.54. The highest BCUT2D eigenvalue weighted by molar-refractivity contribution is 5.75. The highest BCUT2D eigenvalue weighted by Gasteiger charge is 2.36. The Bertz CT molecular complexity index is 936. The van der Waals surface area contributed by atoms with E-state index in [9.17, 15) is 9.59 Å². The van der Waals surface area contributed by atoms with Crippen molar-refractivity contribution in [2.45, 2.75) is 37.8 Å². The van der Waals surface area contributed by atoms with Crippen molar-refractivity contribution in [2.75, 3.05) is 31.1 Å². The summed E-state index contributed by atoms with van der Waals surface area (Å²) in [5, 5.41) is 3.26. The van der Waals surface area contributed by atoms with Crippen LogP contribution in [0, 0.1) is 5.92 Å². The first kappa shape index (κ1) is 18.2. The van der Waals surface area contributed by atoms with E-state index in [4.69, 9.17) is 0 Å². The Kier molecular flexibility index (Phi) is 4.73. The van der Waals surface area contributed by atoms with Crippen molar-refractivity contribution in [1.82, 2.24) is 19.8 Å². The van der Waals surface area contributed by atoms with Gasteiger partial charge in [0.15, 0.2) is 0 Å². The highest BCUT2D eigenvalue weighted by atomic mass is 16.2. The number of urea groups is 1. The van der Waals surface area contributed by atoms with E-state index in [-0.39, 0.29) is 23.6 Å². The second kappa shape index (κ2) is 7.54. The number of carbonyl (C=O) groups excluding carboxylic acids is 1. The van der Waals surface area contributed by atoms with Crippen LogP contribution in [0.15, 0.2) is 47.4 Å². The number of aromatic nitrogens is 2. The van der Waals surface area contributed by atoms with Crippen molar-refractivity contribution in [2.24, 2.45) is 5.92 Å². The lowest BCUT2D eigenvalue weighted by molar-refractivity contribution is 0.128. The molecular formula is C22H27N5O2. The molecule has 3 aliphatic rings. The summed E-state index contributed by atoms with van der Waals surface area (Å²) in [5.74, 6) is 1.63. The Hall–Kier alpha value is -2.83. The molecule has 7 heteroatoms. The second-order valence-corrected chi connectivity index (χ2v) is 8.50. The van der Waals surface area contributed by atoms with Crippen LogP contribution in [0.5, 0.6) is 0 Å². The van der Waals surface area contributed by atoms with Crippen LogP contribution >= 0.6 is 0 Å². The standard InChI is InChI=1S/C22H27N5O2/c28-21-6-3-4-19-17-12-16(14-27(19)21)13-26(15-17)22(29)24-18-7-10-25(11-8-18)20-5-1-2-9-23-20/h1-6,9,16-18H,7-8,10-15H2,(H,24,29)/t16-,17+/m0/s1. The highest BCUT2D eigenvalue weighted by Crippen LogP contribution is 2.35. The van der Waals surface area contributed by atoms with E-state index < -0.39 is 0 Å². The molecule has 2 amide bonds. The Labute approximate surface area is 170 Å².